The van der Waals surface area contributed by atoms with Crippen LogP contribution >= 0.6 is 11.6 Å². The van der Waals surface area contributed by atoms with E-state index in [-0.39, 0.29) is 29.7 Å². The van der Waals surface area contributed by atoms with Gasteiger partial charge in [-0.05, 0) is 55.7 Å². The smallest absolute Gasteiger partial charge is 0.403 e. The summed E-state index contributed by atoms with van der Waals surface area (Å²) in [6.45, 7) is 4.56. The number of allylic oxidation sites excluding steroid dienone is 3. The van der Waals surface area contributed by atoms with Crippen LogP contribution in [0, 0.1) is 0 Å². The first-order valence-electron chi connectivity index (χ1n) is 14.6. The predicted octanol–water partition coefficient (Wildman–Crippen LogP) is 7.33. The number of alkyl halides is 4. The first kappa shape index (κ1) is 34.2. The first-order valence-corrected chi connectivity index (χ1v) is 14.9. The van der Waals surface area contributed by atoms with Gasteiger partial charge in [-0.1, -0.05) is 48.9 Å². The lowest BCUT2D eigenvalue weighted by molar-refractivity contribution is -0.909. The van der Waals surface area contributed by atoms with Gasteiger partial charge in [-0.25, -0.2) is 9.38 Å². The molecule has 1 aromatic heterocycles. The number of halogens is 5. The number of carbonyl (C=O) groups is 1. The van der Waals surface area contributed by atoms with Crippen LogP contribution in [0.1, 0.15) is 55.3 Å². The van der Waals surface area contributed by atoms with E-state index >= 15 is 0 Å². The van der Waals surface area contributed by atoms with Gasteiger partial charge in [-0.3, -0.25) is 10.0 Å². The zero-order valence-corrected chi connectivity index (χ0v) is 26.1. The number of pyridine rings is 1. The van der Waals surface area contributed by atoms with E-state index in [1.54, 1.807) is 42.5 Å². The van der Waals surface area contributed by atoms with Crippen molar-refractivity contribution < 1.29 is 32.3 Å². The summed E-state index contributed by atoms with van der Waals surface area (Å²) < 4.78 is 55.4. The second kappa shape index (κ2) is 14.6. The summed E-state index contributed by atoms with van der Waals surface area (Å²) in [4.78, 5) is 18.1. The number of aliphatic imine (C=N–C) groups is 1. The van der Waals surface area contributed by atoms with E-state index < -0.39 is 18.0 Å². The average molecular weight is 657 g/mol. The molecule has 2 aromatic carbocycles. The van der Waals surface area contributed by atoms with Gasteiger partial charge in [0.15, 0.2) is 6.30 Å². The van der Waals surface area contributed by atoms with Crippen molar-refractivity contribution >= 4 is 28.9 Å². The highest BCUT2D eigenvalue weighted by molar-refractivity contribution is 6.31. The fourth-order valence-corrected chi connectivity index (χ4v) is 5.57. The third-order valence-corrected chi connectivity index (χ3v) is 7.79. The molecule has 1 amide bonds. The van der Waals surface area contributed by atoms with E-state index in [9.17, 15) is 27.6 Å². The molecule has 2 unspecified atom stereocenters. The van der Waals surface area contributed by atoms with Gasteiger partial charge >= 0.3 is 6.18 Å². The van der Waals surface area contributed by atoms with E-state index in [0.29, 0.717) is 52.4 Å². The molecule has 1 aliphatic heterocycles. The molecule has 46 heavy (non-hydrogen) atoms. The fraction of sp³-hybridized carbons (Fsp3) is 0.265. The molecule has 0 spiro atoms. The molecule has 1 aliphatic rings. The average Bonchev–Trinajstić information content (AvgIpc) is 3.00. The molecule has 4 rings (SSSR count). The van der Waals surface area contributed by atoms with Crippen LogP contribution in [0.15, 0.2) is 102 Å². The number of nitrogens with one attached hydrogen (secondary N) is 1. The topological polar surface area (TPSA) is 94.8 Å². The van der Waals surface area contributed by atoms with Crippen molar-refractivity contribution in [2.75, 3.05) is 11.9 Å². The van der Waals surface area contributed by atoms with Gasteiger partial charge in [0.2, 0.25) is 17.8 Å². The molecule has 0 aliphatic carbocycles. The highest BCUT2D eigenvalue weighted by atomic mass is 35.5. The van der Waals surface area contributed by atoms with Gasteiger partial charge in [0.25, 0.3) is 0 Å². The number of carbonyl (C=O) groups excluding carboxylic acids is 1. The number of amides is 1. The maximum Gasteiger partial charge on any atom is 0.417 e. The Labute approximate surface area is 270 Å². The van der Waals surface area contributed by atoms with Crippen LogP contribution in [0.5, 0.6) is 0 Å². The van der Waals surface area contributed by atoms with Crippen LogP contribution in [-0.4, -0.2) is 36.3 Å². The monoisotopic (exact) mass is 656 g/mol. The Morgan fingerprint density at radius 2 is 1.96 bits per heavy atom. The summed E-state index contributed by atoms with van der Waals surface area (Å²) in [5.41, 5.74) is 8.55. The van der Waals surface area contributed by atoms with Gasteiger partial charge < -0.3 is 16.0 Å². The molecule has 0 saturated heterocycles. The molecule has 242 valence electrons. The Balaban J connectivity index is 1.80. The van der Waals surface area contributed by atoms with Crippen molar-refractivity contribution in [2.24, 2.45) is 10.7 Å². The number of anilines is 1. The zero-order chi connectivity index (χ0) is 33.6. The lowest BCUT2D eigenvalue weighted by Crippen LogP contribution is -2.37. The summed E-state index contributed by atoms with van der Waals surface area (Å²) in [6, 6.07) is 15.5. The van der Waals surface area contributed by atoms with Crippen molar-refractivity contribution in [1.29, 1.82) is 0 Å². The highest BCUT2D eigenvalue weighted by Gasteiger charge is 2.32. The van der Waals surface area contributed by atoms with Crippen molar-refractivity contribution in [3.8, 4) is 11.1 Å². The number of nitrogens with zero attached hydrogens (tertiary/aromatic N) is 3. The van der Waals surface area contributed by atoms with E-state index in [0.717, 1.165) is 22.6 Å². The lowest BCUT2D eigenvalue weighted by atomic mass is 9.87. The highest BCUT2D eigenvalue weighted by Crippen LogP contribution is 2.36. The summed E-state index contributed by atoms with van der Waals surface area (Å²) in [5.74, 6) is -0.624. The summed E-state index contributed by atoms with van der Waals surface area (Å²) in [5, 5.41) is 14.4. The fourth-order valence-electron chi connectivity index (χ4n) is 5.39. The Bertz CT molecular complexity index is 1700. The predicted molar refractivity (Wildman–Crippen MR) is 171 cm³/mol. The minimum absolute atomic E-state index is 0.191. The summed E-state index contributed by atoms with van der Waals surface area (Å²) in [7, 11) is 1.48. The second-order valence-corrected chi connectivity index (χ2v) is 11.3. The molecule has 3 aromatic rings. The van der Waals surface area contributed by atoms with Crippen molar-refractivity contribution in [3.05, 3.63) is 119 Å². The standard InChI is InChI=1S/C34H34ClF4N5O2/c1-4-25(34(37,38)39)20-43(3)30-15-13-26(35)17-28(30)24-12-14-31(44(46)19-24)27-10-5-6-11-32(45)42-29(18-40)33(41-21(2)36)23-9-7-8-22(27)16-23/h4,7-9,12-21,27H,1,5-6,10-11H2,2-3H3,(H3-,40,41,42,45,46)/p+1/b25-20+. The molecular formula is C34H35ClF4N5O2+. The Morgan fingerprint density at radius 1 is 1.20 bits per heavy atom. The molecule has 4 N–H and O–H groups in total. The van der Waals surface area contributed by atoms with E-state index in [2.05, 4.69) is 16.9 Å². The number of hydrogen-bond acceptors (Lipinski definition) is 5. The second-order valence-electron chi connectivity index (χ2n) is 10.8. The Hall–Kier alpha value is -4.64. The molecule has 2 bridgehead atoms. The molecule has 0 saturated carbocycles. The van der Waals surface area contributed by atoms with Crippen LogP contribution in [0.3, 0.4) is 0 Å². The van der Waals surface area contributed by atoms with Gasteiger partial charge in [0.05, 0.1) is 28.5 Å². The van der Waals surface area contributed by atoms with E-state index in [1.165, 1.54) is 31.3 Å². The Morgan fingerprint density at radius 3 is 2.61 bits per heavy atom. The first-order chi connectivity index (χ1) is 21.8. The Kier molecular flexibility index (Phi) is 10.9. The number of nitrogens with two attached hydrogens (primary N) is 1. The maximum absolute atomic E-state index is 14.1. The molecular weight excluding hydrogens is 622 g/mol. The molecule has 0 radical (unpaired) electrons. The van der Waals surface area contributed by atoms with Gasteiger partial charge in [0, 0.05) is 58.5 Å². The largest absolute Gasteiger partial charge is 0.417 e. The van der Waals surface area contributed by atoms with Gasteiger partial charge in [0.1, 0.15) is 0 Å². The third kappa shape index (κ3) is 8.14. The van der Waals surface area contributed by atoms with E-state index in [4.69, 9.17) is 17.3 Å². The molecule has 0 fully saturated rings. The molecule has 7 nitrogen and oxygen atoms in total. The van der Waals surface area contributed by atoms with Crippen LogP contribution in [0.4, 0.5) is 23.2 Å². The number of fused-ring (bicyclic) bond motifs is 2. The van der Waals surface area contributed by atoms with Crippen molar-refractivity contribution in [3.63, 3.8) is 0 Å². The van der Waals surface area contributed by atoms with Crippen LogP contribution < -0.4 is 20.7 Å². The maximum atomic E-state index is 14.1. The van der Waals surface area contributed by atoms with Crippen LogP contribution in [0.25, 0.3) is 11.1 Å². The third-order valence-electron chi connectivity index (χ3n) is 7.56. The van der Waals surface area contributed by atoms with Gasteiger partial charge in [-0.2, -0.15) is 13.2 Å². The number of aromatic nitrogens is 1. The normalized spacial score (nSPS) is 18.8. The minimum Gasteiger partial charge on any atom is -0.403 e. The van der Waals surface area contributed by atoms with Crippen molar-refractivity contribution in [1.82, 2.24) is 5.32 Å². The minimum atomic E-state index is -4.59. The molecule has 12 heteroatoms. The number of benzene rings is 2. The summed E-state index contributed by atoms with van der Waals surface area (Å²) >= 11 is 6.30. The SMILES string of the molecule is C=C/C(=C\N(C)c1ccc(Cl)cc1-c1ccc(C2CCCCC(=O)NC(=C/N)/C(=N/C(C)F)c3cccc2c3)[n+](O)c1)C(F)(F)F. The number of rotatable bonds is 6. The molecule has 2 heterocycles. The van der Waals surface area contributed by atoms with Crippen molar-refractivity contribution in [2.45, 2.75) is 51.0 Å². The number of hydrogen-bond donors (Lipinski definition) is 3. The van der Waals surface area contributed by atoms with Crippen LogP contribution in [0.2, 0.25) is 5.02 Å². The zero-order valence-electron chi connectivity index (χ0n) is 25.4. The van der Waals surface area contributed by atoms with Crippen LogP contribution in [-0.2, 0) is 4.79 Å². The summed E-state index contributed by atoms with van der Waals surface area (Å²) in [6.07, 6.45) is 0.152. The van der Waals surface area contributed by atoms with Gasteiger partial charge in [-0.15, -0.1) is 0 Å². The molecule has 2 atom stereocenters. The van der Waals surface area contributed by atoms with E-state index in [1.807, 2.05) is 12.1 Å². The quantitative estimate of drug-likeness (QED) is 0.0852. The lowest BCUT2D eigenvalue weighted by Gasteiger charge is -2.21.